The number of carbonyl (C=O) groups is 2. The molecule has 2 amide bonds. The van der Waals surface area contributed by atoms with Crippen molar-refractivity contribution in [3.8, 4) is 0 Å². The van der Waals surface area contributed by atoms with Gasteiger partial charge in [-0.25, -0.2) is 0 Å². The number of rotatable bonds is 7. The molecule has 5 rings (SSSR count). The van der Waals surface area contributed by atoms with Crippen LogP contribution in [0.3, 0.4) is 0 Å². The van der Waals surface area contributed by atoms with Crippen LogP contribution in [0.1, 0.15) is 65.2 Å². The minimum absolute atomic E-state index is 0. The number of halogens is 1. The Balaban J connectivity index is 0.00000225. The van der Waals surface area contributed by atoms with Crippen molar-refractivity contribution in [3.63, 3.8) is 0 Å². The summed E-state index contributed by atoms with van der Waals surface area (Å²) in [5.74, 6) is 3.17. The van der Waals surface area contributed by atoms with Crippen molar-refractivity contribution in [2.75, 3.05) is 19.6 Å². The Kier molecular flexibility index (Phi) is 6.96. The molecule has 0 radical (unpaired) electrons. The molecule has 5 nitrogen and oxygen atoms in total. The first-order chi connectivity index (χ1) is 12.9. The minimum atomic E-state index is -0.410. The highest BCUT2D eigenvalue weighted by molar-refractivity contribution is 5.90. The molecular weight excluding hydrogens is 374 g/mol. The SMILES string of the molecule is CC(C)C(NC(=O)C12CC3CC(CC(C3)C1)C2)C(=O)NCCC1CCNC1.Cl. The standard InChI is InChI=1S/C22H37N3O2.ClH/c1-14(2)19(20(26)24-6-4-15-3-5-23-13-15)25-21(27)22-10-16-7-17(11-22)9-18(8-16)12-22;/h14-19,23H,3-13H2,1-2H3,(H,24,26)(H,25,27);1H. The first-order valence-electron chi connectivity index (χ1n) is 11.2. The number of nitrogens with one attached hydrogen (secondary N) is 3. The van der Waals surface area contributed by atoms with Crippen LogP contribution in [-0.2, 0) is 9.59 Å². The molecule has 0 aromatic carbocycles. The van der Waals surface area contributed by atoms with Gasteiger partial charge in [0.2, 0.25) is 11.8 Å². The van der Waals surface area contributed by atoms with E-state index in [0.29, 0.717) is 12.5 Å². The summed E-state index contributed by atoms with van der Waals surface area (Å²) in [5, 5.41) is 9.65. The van der Waals surface area contributed by atoms with Gasteiger partial charge in [-0.1, -0.05) is 13.8 Å². The second-order valence-corrected chi connectivity index (χ2v) is 10.3. The summed E-state index contributed by atoms with van der Waals surface area (Å²) in [4.78, 5) is 26.1. The van der Waals surface area contributed by atoms with Gasteiger partial charge in [0.15, 0.2) is 0 Å². The van der Waals surface area contributed by atoms with Crippen molar-refractivity contribution < 1.29 is 9.59 Å². The lowest BCUT2D eigenvalue weighted by Gasteiger charge is -2.55. The molecule has 0 aromatic rings. The summed E-state index contributed by atoms with van der Waals surface area (Å²) >= 11 is 0. The zero-order valence-corrected chi connectivity index (χ0v) is 18.3. The first kappa shape index (κ1) is 21.9. The highest BCUT2D eigenvalue weighted by atomic mass is 35.5. The second kappa shape index (κ2) is 8.91. The molecule has 2 unspecified atom stereocenters. The summed E-state index contributed by atoms with van der Waals surface area (Å²) in [5.41, 5.74) is -0.183. The van der Waals surface area contributed by atoms with E-state index in [0.717, 1.165) is 56.5 Å². The van der Waals surface area contributed by atoms with Crippen LogP contribution in [-0.4, -0.2) is 37.5 Å². The fourth-order valence-corrected chi connectivity index (χ4v) is 6.69. The Bertz CT molecular complexity index is 539. The Morgan fingerprint density at radius 2 is 1.68 bits per heavy atom. The normalized spacial score (nSPS) is 36.8. The highest BCUT2D eigenvalue weighted by Gasteiger charge is 2.55. The average Bonchev–Trinajstić information content (AvgIpc) is 3.11. The predicted molar refractivity (Wildman–Crippen MR) is 113 cm³/mol. The fourth-order valence-electron chi connectivity index (χ4n) is 6.69. The van der Waals surface area contributed by atoms with E-state index in [1.807, 2.05) is 13.8 Å². The maximum absolute atomic E-state index is 13.3. The van der Waals surface area contributed by atoms with Crippen LogP contribution in [0.25, 0.3) is 0 Å². The van der Waals surface area contributed by atoms with Gasteiger partial charge in [-0.2, -0.15) is 0 Å². The van der Waals surface area contributed by atoms with Crippen molar-refractivity contribution in [2.24, 2.45) is 35.0 Å². The van der Waals surface area contributed by atoms with Crippen LogP contribution in [0.15, 0.2) is 0 Å². The van der Waals surface area contributed by atoms with Gasteiger partial charge in [0.05, 0.1) is 0 Å². The van der Waals surface area contributed by atoms with Crippen molar-refractivity contribution >= 4 is 24.2 Å². The van der Waals surface area contributed by atoms with E-state index in [2.05, 4.69) is 16.0 Å². The van der Waals surface area contributed by atoms with Gasteiger partial charge in [0.25, 0.3) is 0 Å². The maximum atomic E-state index is 13.3. The molecule has 3 N–H and O–H groups in total. The lowest BCUT2D eigenvalue weighted by Crippen LogP contribution is -2.58. The van der Waals surface area contributed by atoms with Gasteiger partial charge in [0, 0.05) is 12.0 Å². The third-order valence-electron chi connectivity index (χ3n) is 7.77. The molecular formula is C22H38ClN3O2. The summed E-state index contributed by atoms with van der Waals surface area (Å²) < 4.78 is 0. The summed E-state index contributed by atoms with van der Waals surface area (Å²) in [6.45, 7) is 6.93. The van der Waals surface area contributed by atoms with Crippen molar-refractivity contribution in [3.05, 3.63) is 0 Å². The molecule has 5 fully saturated rings. The summed E-state index contributed by atoms with van der Waals surface area (Å²) in [6.07, 6.45) is 9.35. The number of amides is 2. The van der Waals surface area contributed by atoms with Crippen molar-refractivity contribution in [1.82, 2.24) is 16.0 Å². The Morgan fingerprint density at radius 3 is 2.18 bits per heavy atom. The average molecular weight is 412 g/mol. The zero-order chi connectivity index (χ0) is 19.0. The van der Waals surface area contributed by atoms with Crippen LogP contribution in [0.5, 0.6) is 0 Å². The van der Waals surface area contributed by atoms with E-state index >= 15 is 0 Å². The topological polar surface area (TPSA) is 70.2 Å². The molecule has 2 atom stereocenters. The van der Waals surface area contributed by atoms with Gasteiger partial charge in [-0.3, -0.25) is 9.59 Å². The molecule has 5 aliphatic rings. The van der Waals surface area contributed by atoms with Gasteiger partial charge < -0.3 is 16.0 Å². The number of carbonyl (C=O) groups excluding carboxylic acids is 2. The third-order valence-corrected chi connectivity index (χ3v) is 7.77. The first-order valence-corrected chi connectivity index (χ1v) is 11.2. The molecule has 28 heavy (non-hydrogen) atoms. The third kappa shape index (κ3) is 4.51. The zero-order valence-electron chi connectivity index (χ0n) is 17.5. The molecule has 0 spiro atoms. The molecule has 1 saturated heterocycles. The number of hydrogen-bond acceptors (Lipinski definition) is 3. The molecule has 160 valence electrons. The second-order valence-electron chi connectivity index (χ2n) is 10.3. The van der Waals surface area contributed by atoms with E-state index in [-0.39, 0.29) is 35.6 Å². The van der Waals surface area contributed by atoms with E-state index in [1.165, 1.54) is 25.7 Å². The van der Waals surface area contributed by atoms with Crippen molar-refractivity contribution in [2.45, 2.75) is 71.3 Å². The van der Waals surface area contributed by atoms with Gasteiger partial charge in [-0.15, -0.1) is 12.4 Å². The predicted octanol–water partition coefficient (Wildman–Crippen LogP) is 2.88. The Labute approximate surface area is 176 Å². The minimum Gasteiger partial charge on any atom is -0.354 e. The smallest absolute Gasteiger partial charge is 0.242 e. The molecule has 0 aromatic heterocycles. The largest absolute Gasteiger partial charge is 0.354 e. The van der Waals surface area contributed by atoms with E-state index in [1.54, 1.807) is 0 Å². The van der Waals surface area contributed by atoms with Crippen LogP contribution >= 0.6 is 12.4 Å². The van der Waals surface area contributed by atoms with Crippen molar-refractivity contribution in [1.29, 1.82) is 0 Å². The monoisotopic (exact) mass is 411 g/mol. The molecule has 4 saturated carbocycles. The highest BCUT2D eigenvalue weighted by Crippen LogP contribution is 2.60. The summed E-state index contributed by atoms with van der Waals surface area (Å²) in [6, 6.07) is -0.410. The van der Waals surface area contributed by atoms with Gasteiger partial charge in [0.1, 0.15) is 6.04 Å². The van der Waals surface area contributed by atoms with E-state index in [9.17, 15) is 9.59 Å². The van der Waals surface area contributed by atoms with Crippen LogP contribution in [0.4, 0.5) is 0 Å². The molecule has 6 heteroatoms. The van der Waals surface area contributed by atoms with Crippen LogP contribution in [0.2, 0.25) is 0 Å². The van der Waals surface area contributed by atoms with Gasteiger partial charge >= 0.3 is 0 Å². The molecule has 1 aliphatic heterocycles. The number of hydrogen-bond donors (Lipinski definition) is 3. The summed E-state index contributed by atoms with van der Waals surface area (Å²) in [7, 11) is 0. The quantitative estimate of drug-likeness (QED) is 0.603. The van der Waals surface area contributed by atoms with Crippen LogP contribution in [0, 0.1) is 35.0 Å². The van der Waals surface area contributed by atoms with Crippen LogP contribution < -0.4 is 16.0 Å². The van der Waals surface area contributed by atoms with E-state index in [4.69, 9.17) is 0 Å². The van der Waals surface area contributed by atoms with Gasteiger partial charge in [-0.05, 0) is 94.0 Å². The van der Waals surface area contributed by atoms with E-state index < -0.39 is 6.04 Å². The lowest BCUT2D eigenvalue weighted by atomic mass is 9.49. The molecule has 1 heterocycles. The lowest BCUT2D eigenvalue weighted by molar-refractivity contribution is -0.149. The Hall–Kier alpha value is -0.810. The Morgan fingerprint density at radius 1 is 1.07 bits per heavy atom. The molecule has 4 bridgehead atoms. The molecule has 4 aliphatic carbocycles. The maximum Gasteiger partial charge on any atom is 0.242 e. The fraction of sp³-hybridized carbons (Fsp3) is 0.909.